The number of amides is 1. The molecule has 1 amide bonds. The Labute approximate surface area is 199 Å². The Bertz CT molecular complexity index is 1200. The maximum absolute atomic E-state index is 12.9. The number of rotatable bonds is 8. The minimum absolute atomic E-state index is 0.0944. The average Bonchev–Trinajstić information content (AvgIpc) is 3.31. The van der Waals surface area contributed by atoms with Crippen molar-refractivity contribution in [2.24, 2.45) is 10.7 Å². The maximum Gasteiger partial charge on any atom is 0.212 e. The van der Waals surface area contributed by atoms with Crippen LogP contribution in [0.25, 0.3) is 11.3 Å². The van der Waals surface area contributed by atoms with Crippen LogP contribution in [-0.2, 0) is 4.79 Å². The van der Waals surface area contributed by atoms with Crippen LogP contribution in [0.1, 0.15) is 41.2 Å². The van der Waals surface area contributed by atoms with Gasteiger partial charge in [-0.1, -0.05) is 31.5 Å². The molecular weight excluding hydrogens is 469 g/mol. The van der Waals surface area contributed by atoms with Gasteiger partial charge in [0, 0.05) is 34.6 Å². The van der Waals surface area contributed by atoms with Crippen molar-refractivity contribution in [2.45, 2.75) is 20.8 Å². The molecule has 3 N–H and O–H groups in total. The molecule has 33 heavy (non-hydrogen) atoms. The molecule has 1 aromatic carbocycles. The summed E-state index contributed by atoms with van der Waals surface area (Å²) in [6, 6.07) is 6.17. The van der Waals surface area contributed by atoms with E-state index in [9.17, 15) is 13.5 Å². The molecule has 2 aromatic heterocycles. The molecule has 0 saturated carbocycles. The number of carbonyl (C=O) groups is 2. The van der Waals surface area contributed by atoms with E-state index >= 15 is 0 Å². The summed E-state index contributed by atoms with van der Waals surface area (Å²) in [4.78, 5) is 34.4. The Morgan fingerprint density at radius 2 is 2.03 bits per heavy atom. The van der Waals surface area contributed by atoms with Crippen LogP contribution in [0.4, 0.5) is 15.4 Å². The van der Waals surface area contributed by atoms with Crippen molar-refractivity contribution in [1.82, 2.24) is 19.2 Å². The molecule has 0 bridgehead atoms. The molecule has 0 atom stereocenters. The fraction of sp³-hybridized carbons (Fsp3) is 0.143. The van der Waals surface area contributed by atoms with Crippen molar-refractivity contribution < 1.29 is 13.5 Å². The second-order valence-electron chi connectivity index (χ2n) is 6.10. The molecule has 0 aliphatic heterocycles. The molecule has 0 unspecified atom stereocenters. The predicted octanol–water partition coefficient (Wildman–Crippen LogP) is 4.65. The van der Waals surface area contributed by atoms with Gasteiger partial charge < -0.3 is 11.1 Å². The lowest BCUT2D eigenvalue weighted by Crippen LogP contribution is -2.05. The Kier molecular flexibility index (Phi) is 9.70. The lowest BCUT2D eigenvalue weighted by molar-refractivity contribution is -0.105. The third-order valence-corrected chi connectivity index (χ3v) is 4.75. The number of aldehydes is 1. The highest BCUT2D eigenvalue weighted by Gasteiger charge is 2.15. The van der Waals surface area contributed by atoms with Gasteiger partial charge in [-0.25, -0.2) is 9.97 Å². The SMILES string of the molecule is CC.Cc1cnc(NC=O)cc1N=C/C(=C(\N)c1cc(C=O)ccc1Cl)c1ncn(SF)n1. The highest BCUT2D eigenvalue weighted by atomic mass is 35.5. The van der Waals surface area contributed by atoms with Gasteiger partial charge in [0.15, 0.2) is 18.2 Å². The topological polar surface area (TPSA) is 128 Å². The zero-order valence-electron chi connectivity index (χ0n) is 18.0. The first-order chi connectivity index (χ1) is 16.0. The van der Waals surface area contributed by atoms with Crippen LogP contribution in [0.5, 0.6) is 0 Å². The van der Waals surface area contributed by atoms with Gasteiger partial charge >= 0.3 is 0 Å². The van der Waals surface area contributed by atoms with E-state index in [2.05, 4.69) is 25.4 Å². The minimum atomic E-state index is -0.139. The second kappa shape index (κ2) is 12.5. The molecule has 12 heteroatoms. The van der Waals surface area contributed by atoms with E-state index in [0.29, 0.717) is 40.4 Å². The maximum atomic E-state index is 12.9. The van der Waals surface area contributed by atoms with E-state index in [4.69, 9.17) is 17.3 Å². The lowest BCUT2D eigenvalue weighted by Gasteiger charge is -2.09. The molecule has 0 fully saturated rings. The van der Waals surface area contributed by atoms with Gasteiger partial charge in [0.05, 0.1) is 17.0 Å². The monoisotopic (exact) mass is 489 g/mol. The fourth-order valence-electron chi connectivity index (χ4n) is 2.55. The average molecular weight is 490 g/mol. The summed E-state index contributed by atoms with van der Waals surface area (Å²) in [5, 5.41) is 6.76. The first kappa shape index (κ1) is 25.7. The normalized spacial score (nSPS) is 11.4. The molecule has 0 aliphatic carbocycles. The van der Waals surface area contributed by atoms with Gasteiger partial charge in [-0.2, -0.15) is 4.09 Å². The van der Waals surface area contributed by atoms with Gasteiger partial charge in [0.1, 0.15) is 18.4 Å². The number of nitrogens with zero attached hydrogens (tertiary/aromatic N) is 5. The standard InChI is InChI=1S/C19H15ClFN7O2S.C2H6/c1-11-6-24-17(26-10-30)5-16(11)23-7-14(19-25-9-28(27-19)31-21)18(22)13-4-12(8-29)2-3-15(13)20;1-2/h2-10H,22H2,1H3,(H,24,26,30);1-2H3/b18-14+,23-7?;. The quantitative estimate of drug-likeness (QED) is 0.348. The van der Waals surface area contributed by atoms with Crippen LogP contribution in [-0.4, -0.2) is 38.1 Å². The van der Waals surface area contributed by atoms with Crippen molar-refractivity contribution in [3.05, 3.63) is 64.3 Å². The summed E-state index contributed by atoms with van der Waals surface area (Å²) in [5.74, 6) is 0.404. The summed E-state index contributed by atoms with van der Waals surface area (Å²) >= 11 is 6.14. The molecule has 0 spiro atoms. The van der Waals surface area contributed by atoms with Crippen LogP contribution >= 0.6 is 23.9 Å². The van der Waals surface area contributed by atoms with Gasteiger partial charge in [0.25, 0.3) is 0 Å². The summed E-state index contributed by atoms with van der Waals surface area (Å²) < 4.78 is 13.8. The van der Waals surface area contributed by atoms with Gasteiger partial charge in [-0.05, 0) is 24.6 Å². The molecule has 2 heterocycles. The lowest BCUT2D eigenvalue weighted by atomic mass is 10.0. The Morgan fingerprint density at radius 1 is 1.27 bits per heavy atom. The third kappa shape index (κ3) is 6.46. The number of hydrogen-bond acceptors (Lipinski definition) is 8. The number of pyridine rings is 1. The van der Waals surface area contributed by atoms with Crippen molar-refractivity contribution in [2.75, 3.05) is 5.32 Å². The first-order valence-corrected chi connectivity index (χ1v) is 10.7. The Morgan fingerprint density at radius 3 is 2.67 bits per heavy atom. The zero-order chi connectivity index (χ0) is 24.4. The second-order valence-corrected chi connectivity index (χ2v) is 7.02. The van der Waals surface area contributed by atoms with E-state index in [1.54, 1.807) is 25.3 Å². The first-order valence-electron chi connectivity index (χ1n) is 9.63. The largest absolute Gasteiger partial charge is 0.398 e. The number of allylic oxidation sites excluding steroid dienone is 1. The summed E-state index contributed by atoms with van der Waals surface area (Å²) in [5.41, 5.74) is 8.70. The predicted molar refractivity (Wildman–Crippen MR) is 130 cm³/mol. The van der Waals surface area contributed by atoms with Crippen LogP contribution in [0.15, 0.2) is 41.8 Å². The highest BCUT2D eigenvalue weighted by Crippen LogP contribution is 2.28. The van der Waals surface area contributed by atoms with Gasteiger partial charge in [-0.15, -0.1) is 8.98 Å². The number of carbonyl (C=O) groups excluding carboxylic acids is 2. The number of aryl methyl sites for hydroxylation is 1. The van der Waals surface area contributed by atoms with E-state index < -0.39 is 0 Å². The summed E-state index contributed by atoms with van der Waals surface area (Å²) in [6.07, 6.45) is 5.28. The number of nitrogens with two attached hydrogens (primary N) is 1. The number of hydrogen-bond donors (Lipinski definition) is 2. The molecule has 9 nitrogen and oxygen atoms in total. The number of anilines is 1. The molecule has 0 saturated heterocycles. The number of aliphatic imine (C=N–C) groups is 1. The number of nitrogens with one attached hydrogen (secondary N) is 1. The number of aromatic nitrogens is 4. The summed E-state index contributed by atoms with van der Waals surface area (Å²) in [7, 11) is 0. The zero-order valence-corrected chi connectivity index (χ0v) is 19.6. The molecular formula is C21H21ClFN7O2S. The van der Waals surface area contributed by atoms with Crippen LogP contribution in [0, 0.1) is 6.92 Å². The van der Waals surface area contributed by atoms with Crippen LogP contribution in [0.2, 0.25) is 5.02 Å². The van der Waals surface area contributed by atoms with Crippen LogP contribution < -0.4 is 11.1 Å². The molecule has 0 aliphatic rings. The highest BCUT2D eigenvalue weighted by molar-refractivity contribution is 7.92. The van der Waals surface area contributed by atoms with Gasteiger partial charge in [0.2, 0.25) is 6.41 Å². The molecule has 3 rings (SSSR count). The summed E-state index contributed by atoms with van der Waals surface area (Å²) in [6.45, 7) is 5.79. The van der Waals surface area contributed by atoms with E-state index in [1.807, 2.05) is 13.8 Å². The Hall–Kier alpha value is -3.57. The molecule has 3 aromatic rings. The van der Waals surface area contributed by atoms with E-state index in [1.165, 1.54) is 24.7 Å². The smallest absolute Gasteiger partial charge is 0.212 e. The third-order valence-electron chi connectivity index (χ3n) is 4.10. The Balaban J connectivity index is 0.00000187. The van der Waals surface area contributed by atoms with Crippen molar-refractivity contribution in [1.29, 1.82) is 0 Å². The molecule has 172 valence electrons. The van der Waals surface area contributed by atoms with Crippen molar-refractivity contribution in [3.63, 3.8) is 0 Å². The van der Waals surface area contributed by atoms with Crippen molar-refractivity contribution in [3.8, 4) is 0 Å². The molecule has 0 radical (unpaired) electrons. The van der Waals surface area contributed by atoms with E-state index in [-0.39, 0.29) is 29.4 Å². The number of halogens is 2. The van der Waals surface area contributed by atoms with E-state index in [0.717, 1.165) is 9.65 Å². The number of benzene rings is 1. The fourth-order valence-corrected chi connectivity index (χ4v) is 2.96. The minimum Gasteiger partial charge on any atom is -0.398 e. The van der Waals surface area contributed by atoms with Gasteiger partial charge in [-0.3, -0.25) is 14.6 Å². The van der Waals surface area contributed by atoms with Crippen molar-refractivity contribution >= 4 is 65.6 Å². The van der Waals surface area contributed by atoms with Crippen LogP contribution in [0.3, 0.4) is 0 Å².